The van der Waals surface area contributed by atoms with Crippen molar-refractivity contribution in [1.29, 1.82) is 0 Å². The summed E-state index contributed by atoms with van der Waals surface area (Å²) in [5.41, 5.74) is 2.99. The number of benzene rings is 2. The zero-order chi connectivity index (χ0) is 24.2. The molecule has 3 rings (SSSR count). The SMILES string of the molecule is CCCCCCCCc1noc(-c2ccc(CN(CCc3cccc(Cl)c3)OC(C)=O)cc2)n1. The topological polar surface area (TPSA) is 68.5 Å². The summed E-state index contributed by atoms with van der Waals surface area (Å²) in [6, 6.07) is 15.6. The lowest BCUT2D eigenvalue weighted by atomic mass is 10.1. The summed E-state index contributed by atoms with van der Waals surface area (Å²) in [7, 11) is 0. The Labute approximate surface area is 207 Å². The molecule has 3 aromatic rings. The van der Waals surface area contributed by atoms with Crippen molar-refractivity contribution in [3.63, 3.8) is 0 Å². The van der Waals surface area contributed by atoms with Crippen LogP contribution in [0.3, 0.4) is 0 Å². The number of halogens is 1. The van der Waals surface area contributed by atoms with E-state index in [2.05, 4.69) is 17.1 Å². The number of aryl methyl sites for hydroxylation is 1. The molecule has 0 N–H and O–H groups in total. The summed E-state index contributed by atoms with van der Waals surface area (Å²) in [4.78, 5) is 21.5. The zero-order valence-electron chi connectivity index (χ0n) is 20.1. The van der Waals surface area contributed by atoms with Gasteiger partial charge < -0.3 is 9.36 Å². The van der Waals surface area contributed by atoms with Crippen molar-refractivity contribution >= 4 is 17.6 Å². The van der Waals surface area contributed by atoms with Crippen molar-refractivity contribution in [3.8, 4) is 11.5 Å². The van der Waals surface area contributed by atoms with Gasteiger partial charge in [-0.3, -0.25) is 4.79 Å². The minimum absolute atomic E-state index is 0.341. The van der Waals surface area contributed by atoms with Gasteiger partial charge in [0, 0.05) is 30.5 Å². The van der Waals surface area contributed by atoms with Crippen LogP contribution in [-0.2, 0) is 29.0 Å². The number of unbranched alkanes of at least 4 members (excludes halogenated alkanes) is 5. The first-order valence-corrected chi connectivity index (χ1v) is 12.5. The van der Waals surface area contributed by atoms with Gasteiger partial charge in [-0.15, -0.1) is 5.06 Å². The molecule has 0 radical (unpaired) electrons. The minimum Gasteiger partial charge on any atom is -0.368 e. The molecular formula is C27H34ClN3O3. The molecule has 0 fully saturated rings. The van der Waals surface area contributed by atoms with E-state index in [-0.39, 0.29) is 5.97 Å². The summed E-state index contributed by atoms with van der Waals surface area (Å²) < 4.78 is 5.47. The number of rotatable bonds is 14. The van der Waals surface area contributed by atoms with Gasteiger partial charge in [0.25, 0.3) is 5.89 Å². The number of carbonyl (C=O) groups excluding carboxylic acids is 1. The molecule has 182 valence electrons. The van der Waals surface area contributed by atoms with E-state index in [1.165, 1.54) is 39.0 Å². The molecule has 0 saturated heterocycles. The maximum atomic E-state index is 11.6. The second-order valence-corrected chi connectivity index (χ2v) is 8.99. The molecule has 0 aliphatic rings. The highest BCUT2D eigenvalue weighted by Gasteiger charge is 2.12. The van der Waals surface area contributed by atoms with E-state index in [4.69, 9.17) is 21.0 Å². The predicted molar refractivity (Wildman–Crippen MR) is 134 cm³/mol. The standard InChI is InChI=1S/C27H34ClN3O3/c1-3-4-5-6-7-8-12-26-29-27(33-30-26)24-15-13-23(14-16-24)20-31(34-21(2)32)18-17-22-10-9-11-25(28)19-22/h9-11,13-16,19H,3-8,12,17-18,20H2,1-2H3. The van der Waals surface area contributed by atoms with Gasteiger partial charge in [-0.05, 0) is 48.2 Å². The van der Waals surface area contributed by atoms with E-state index >= 15 is 0 Å². The van der Waals surface area contributed by atoms with Crippen LogP contribution in [0.1, 0.15) is 69.3 Å². The minimum atomic E-state index is -0.341. The highest BCUT2D eigenvalue weighted by atomic mass is 35.5. The molecule has 6 nitrogen and oxygen atoms in total. The van der Waals surface area contributed by atoms with Gasteiger partial charge in [0.2, 0.25) is 0 Å². The van der Waals surface area contributed by atoms with Crippen LogP contribution in [0.15, 0.2) is 53.1 Å². The number of hydroxylamine groups is 2. The summed E-state index contributed by atoms with van der Waals surface area (Å²) in [6.45, 7) is 4.68. The number of aromatic nitrogens is 2. The molecule has 0 aliphatic carbocycles. The molecule has 1 heterocycles. The predicted octanol–water partition coefficient (Wildman–Crippen LogP) is 6.82. The van der Waals surface area contributed by atoms with Gasteiger partial charge in [0.1, 0.15) is 0 Å². The normalized spacial score (nSPS) is 11.2. The average molecular weight is 484 g/mol. The molecule has 0 bridgehead atoms. The van der Waals surface area contributed by atoms with Gasteiger partial charge in [-0.25, -0.2) is 0 Å². The first-order chi connectivity index (χ1) is 16.5. The van der Waals surface area contributed by atoms with Crippen molar-refractivity contribution in [2.45, 2.75) is 71.8 Å². The Bertz CT molecular complexity index is 1020. The average Bonchev–Trinajstić information content (AvgIpc) is 3.29. The molecule has 0 saturated carbocycles. The van der Waals surface area contributed by atoms with Gasteiger partial charge in [-0.1, -0.05) is 80.1 Å². The van der Waals surface area contributed by atoms with Crippen LogP contribution in [0.2, 0.25) is 5.02 Å². The zero-order valence-corrected chi connectivity index (χ0v) is 20.9. The maximum absolute atomic E-state index is 11.6. The Kier molecular flexibility index (Phi) is 10.6. The van der Waals surface area contributed by atoms with Gasteiger partial charge >= 0.3 is 5.97 Å². The van der Waals surface area contributed by atoms with Crippen molar-refractivity contribution < 1.29 is 14.2 Å². The fourth-order valence-corrected chi connectivity index (χ4v) is 3.99. The number of carbonyl (C=O) groups is 1. The molecule has 0 spiro atoms. The number of hydrogen-bond donors (Lipinski definition) is 0. The van der Waals surface area contributed by atoms with Crippen molar-refractivity contribution in [2.75, 3.05) is 6.54 Å². The molecule has 1 aromatic heterocycles. The number of nitrogens with zero attached hydrogens (tertiary/aromatic N) is 3. The lowest BCUT2D eigenvalue weighted by Gasteiger charge is -2.20. The quantitative estimate of drug-likeness (QED) is 0.185. The molecule has 0 aliphatic heterocycles. The van der Waals surface area contributed by atoms with E-state index in [1.54, 1.807) is 5.06 Å². The summed E-state index contributed by atoms with van der Waals surface area (Å²) in [5.74, 6) is 0.952. The van der Waals surface area contributed by atoms with Crippen molar-refractivity contribution in [2.24, 2.45) is 0 Å². The third-order valence-corrected chi connectivity index (χ3v) is 5.81. The van der Waals surface area contributed by atoms with Crippen LogP contribution in [0.25, 0.3) is 11.5 Å². The lowest BCUT2D eigenvalue weighted by Crippen LogP contribution is -2.28. The molecule has 2 aromatic carbocycles. The third-order valence-electron chi connectivity index (χ3n) is 5.58. The van der Waals surface area contributed by atoms with E-state index < -0.39 is 0 Å². The van der Waals surface area contributed by atoms with E-state index in [0.717, 1.165) is 41.8 Å². The van der Waals surface area contributed by atoms with Crippen LogP contribution in [-0.4, -0.2) is 27.7 Å². The molecule has 7 heteroatoms. The Hall–Kier alpha value is -2.70. The summed E-state index contributed by atoms with van der Waals surface area (Å²) in [5, 5.41) is 6.50. The maximum Gasteiger partial charge on any atom is 0.322 e. The Morgan fingerprint density at radius 2 is 1.76 bits per heavy atom. The van der Waals surface area contributed by atoms with Crippen molar-refractivity contribution in [3.05, 3.63) is 70.5 Å². The van der Waals surface area contributed by atoms with Crippen LogP contribution in [0.4, 0.5) is 0 Å². The molecule has 0 amide bonds. The van der Waals surface area contributed by atoms with Crippen LogP contribution in [0, 0.1) is 0 Å². The number of hydrogen-bond acceptors (Lipinski definition) is 6. The van der Waals surface area contributed by atoms with E-state index in [0.29, 0.717) is 24.0 Å². The largest absolute Gasteiger partial charge is 0.368 e. The fourth-order valence-electron chi connectivity index (χ4n) is 3.78. The Morgan fingerprint density at radius 3 is 2.50 bits per heavy atom. The van der Waals surface area contributed by atoms with Gasteiger partial charge in [-0.2, -0.15) is 4.98 Å². The smallest absolute Gasteiger partial charge is 0.322 e. The highest BCUT2D eigenvalue weighted by Crippen LogP contribution is 2.20. The second-order valence-electron chi connectivity index (χ2n) is 8.56. The van der Waals surface area contributed by atoms with E-state index in [1.807, 2.05) is 48.5 Å². The van der Waals surface area contributed by atoms with Crippen LogP contribution in [0.5, 0.6) is 0 Å². The molecule has 0 unspecified atom stereocenters. The highest BCUT2D eigenvalue weighted by molar-refractivity contribution is 6.30. The lowest BCUT2D eigenvalue weighted by molar-refractivity contribution is -0.190. The summed E-state index contributed by atoms with van der Waals surface area (Å²) in [6.07, 6.45) is 8.99. The molecule has 34 heavy (non-hydrogen) atoms. The van der Waals surface area contributed by atoms with Crippen LogP contribution >= 0.6 is 11.6 Å². The van der Waals surface area contributed by atoms with Crippen LogP contribution < -0.4 is 0 Å². The monoisotopic (exact) mass is 483 g/mol. The Morgan fingerprint density at radius 1 is 1.00 bits per heavy atom. The van der Waals surface area contributed by atoms with Crippen molar-refractivity contribution in [1.82, 2.24) is 15.2 Å². The first kappa shape index (κ1) is 25.9. The van der Waals surface area contributed by atoms with Gasteiger partial charge in [0.05, 0.1) is 6.54 Å². The molecule has 0 atom stereocenters. The van der Waals surface area contributed by atoms with E-state index in [9.17, 15) is 4.79 Å². The van der Waals surface area contributed by atoms with Gasteiger partial charge in [0.15, 0.2) is 5.82 Å². The third kappa shape index (κ3) is 8.92. The summed E-state index contributed by atoms with van der Waals surface area (Å²) >= 11 is 6.07. The Balaban J connectivity index is 1.52. The molecular weight excluding hydrogens is 450 g/mol. The first-order valence-electron chi connectivity index (χ1n) is 12.1. The fraction of sp³-hybridized carbons (Fsp3) is 0.444. The second kappa shape index (κ2) is 13.9.